The van der Waals surface area contributed by atoms with Gasteiger partial charge in [-0.1, -0.05) is 13.8 Å². The lowest BCUT2D eigenvalue weighted by Gasteiger charge is -2.18. The van der Waals surface area contributed by atoms with Crippen LogP contribution in [-0.4, -0.2) is 23.5 Å². The molecule has 0 aliphatic rings. The van der Waals surface area contributed by atoms with E-state index in [0.717, 1.165) is 6.07 Å². The van der Waals surface area contributed by atoms with Crippen molar-refractivity contribution in [3.05, 3.63) is 22.3 Å². The molecule has 0 saturated carbocycles. The molecule has 21 heavy (non-hydrogen) atoms. The zero-order valence-corrected chi connectivity index (χ0v) is 13.5. The lowest BCUT2D eigenvalue weighted by Crippen LogP contribution is -2.39. The lowest BCUT2D eigenvalue weighted by atomic mass is 10.2. The van der Waals surface area contributed by atoms with Crippen molar-refractivity contribution in [2.45, 2.75) is 33.0 Å². The topological polar surface area (TPSA) is 54.0 Å². The van der Waals surface area contributed by atoms with Crippen LogP contribution in [0.3, 0.4) is 0 Å². The molecule has 0 spiro atoms. The molecule has 4 nitrogen and oxygen atoms in total. The molecule has 0 aliphatic carbocycles. The van der Waals surface area contributed by atoms with E-state index in [-0.39, 0.29) is 22.1 Å². The van der Waals surface area contributed by atoms with Gasteiger partial charge in [-0.25, -0.2) is 4.98 Å². The third kappa shape index (κ3) is 5.53. The third-order valence-electron chi connectivity index (χ3n) is 2.59. The number of nitrogens with one attached hydrogen (secondary N) is 2. The van der Waals surface area contributed by atoms with E-state index in [2.05, 4.69) is 31.5 Å². The summed E-state index contributed by atoms with van der Waals surface area (Å²) in [6.07, 6.45) is -3.30. The summed E-state index contributed by atoms with van der Waals surface area (Å²) in [6, 6.07) is 0.104. The Balaban J connectivity index is 2.85. The molecule has 0 saturated heterocycles. The number of anilines is 1. The predicted octanol–water partition coefficient (Wildman–Crippen LogP) is 3.44. The SMILES string of the molecule is CC(C)CNC(=O)C(C)Nc1ncc(Br)cc1C(F)(F)F. The average molecular weight is 368 g/mol. The van der Waals surface area contributed by atoms with Crippen LogP contribution in [0.1, 0.15) is 26.3 Å². The van der Waals surface area contributed by atoms with E-state index in [1.54, 1.807) is 0 Å². The van der Waals surface area contributed by atoms with Gasteiger partial charge < -0.3 is 10.6 Å². The van der Waals surface area contributed by atoms with Gasteiger partial charge in [0.2, 0.25) is 5.91 Å². The van der Waals surface area contributed by atoms with Gasteiger partial charge in [0.1, 0.15) is 11.9 Å². The maximum atomic E-state index is 12.9. The van der Waals surface area contributed by atoms with Crippen LogP contribution in [-0.2, 0) is 11.0 Å². The molecule has 2 N–H and O–H groups in total. The molecule has 0 bridgehead atoms. The summed E-state index contributed by atoms with van der Waals surface area (Å²) in [5, 5.41) is 5.16. The van der Waals surface area contributed by atoms with Crippen LogP contribution in [0.5, 0.6) is 0 Å². The quantitative estimate of drug-likeness (QED) is 0.837. The first-order valence-electron chi connectivity index (χ1n) is 6.38. The van der Waals surface area contributed by atoms with Gasteiger partial charge in [0, 0.05) is 17.2 Å². The molecule has 1 aromatic heterocycles. The van der Waals surface area contributed by atoms with Crippen molar-refractivity contribution in [1.82, 2.24) is 10.3 Å². The average Bonchev–Trinajstić information content (AvgIpc) is 2.36. The fourth-order valence-corrected chi connectivity index (χ4v) is 1.83. The van der Waals surface area contributed by atoms with Gasteiger partial charge in [0.05, 0.1) is 5.56 Å². The van der Waals surface area contributed by atoms with Crippen molar-refractivity contribution in [2.24, 2.45) is 5.92 Å². The number of carbonyl (C=O) groups is 1. The molecule has 1 aromatic rings. The molecule has 118 valence electrons. The summed E-state index contributed by atoms with van der Waals surface area (Å²) in [6.45, 7) is 5.80. The van der Waals surface area contributed by atoms with Crippen molar-refractivity contribution >= 4 is 27.7 Å². The molecule has 1 rings (SSSR count). The number of hydrogen-bond acceptors (Lipinski definition) is 3. The standard InChI is InChI=1S/C13H17BrF3N3O/c1-7(2)5-19-12(21)8(3)20-11-10(13(15,16)17)4-9(14)6-18-11/h4,6-8H,5H2,1-3H3,(H,18,20)(H,19,21). The maximum absolute atomic E-state index is 12.9. The van der Waals surface area contributed by atoms with Crippen LogP contribution in [0.15, 0.2) is 16.7 Å². The van der Waals surface area contributed by atoms with Gasteiger partial charge >= 0.3 is 6.18 Å². The van der Waals surface area contributed by atoms with E-state index < -0.39 is 17.8 Å². The van der Waals surface area contributed by atoms with Crippen molar-refractivity contribution in [2.75, 3.05) is 11.9 Å². The first-order valence-corrected chi connectivity index (χ1v) is 7.17. The minimum atomic E-state index is -4.55. The van der Waals surface area contributed by atoms with E-state index in [1.165, 1.54) is 13.1 Å². The summed E-state index contributed by atoms with van der Waals surface area (Å²) in [7, 11) is 0. The van der Waals surface area contributed by atoms with Crippen LogP contribution < -0.4 is 10.6 Å². The number of alkyl halides is 3. The summed E-state index contributed by atoms with van der Waals surface area (Å²) in [4.78, 5) is 15.5. The first-order chi connectivity index (χ1) is 9.61. The number of aromatic nitrogens is 1. The molecular weight excluding hydrogens is 351 g/mol. The van der Waals surface area contributed by atoms with Crippen molar-refractivity contribution in [1.29, 1.82) is 0 Å². The van der Waals surface area contributed by atoms with Crippen LogP contribution in [0, 0.1) is 5.92 Å². The van der Waals surface area contributed by atoms with E-state index in [0.29, 0.717) is 6.54 Å². The zero-order valence-electron chi connectivity index (χ0n) is 11.9. The molecule has 0 aromatic carbocycles. The highest BCUT2D eigenvalue weighted by Gasteiger charge is 2.35. The smallest absolute Gasteiger partial charge is 0.358 e. The molecule has 0 radical (unpaired) electrons. The number of rotatable bonds is 5. The number of amides is 1. The summed E-state index contributed by atoms with van der Waals surface area (Å²) < 4.78 is 39.0. The summed E-state index contributed by atoms with van der Waals surface area (Å²) >= 11 is 2.96. The van der Waals surface area contributed by atoms with E-state index >= 15 is 0 Å². The molecule has 0 aliphatic heterocycles. The first kappa shape index (κ1) is 17.7. The molecular formula is C13H17BrF3N3O. The molecule has 1 amide bonds. The van der Waals surface area contributed by atoms with Crippen molar-refractivity contribution in [3.8, 4) is 0 Å². The minimum absolute atomic E-state index is 0.220. The molecule has 0 fully saturated rings. The number of pyridine rings is 1. The Bertz CT molecular complexity index is 506. The number of carbonyl (C=O) groups excluding carboxylic acids is 1. The molecule has 1 heterocycles. The Labute approximate surface area is 129 Å². The normalized spacial score (nSPS) is 13.1. The second-order valence-electron chi connectivity index (χ2n) is 5.05. The molecule has 1 unspecified atom stereocenters. The Morgan fingerprint density at radius 1 is 1.38 bits per heavy atom. The Hall–Kier alpha value is -1.31. The molecule has 8 heteroatoms. The largest absolute Gasteiger partial charge is 0.419 e. The summed E-state index contributed by atoms with van der Waals surface area (Å²) in [5.41, 5.74) is -0.916. The van der Waals surface area contributed by atoms with Gasteiger partial charge in [0.15, 0.2) is 0 Å². The highest BCUT2D eigenvalue weighted by atomic mass is 79.9. The van der Waals surface area contributed by atoms with Gasteiger partial charge in [-0.3, -0.25) is 4.79 Å². The van der Waals surface area contributed by atoms with Gasteiger partial charge in [-0.15, -0.1) is 0 Å². The van der Waals surface area contributed by atoms with Crippen LogP contribution >= 0.6 is 15.9 Å². The highest BCUT2D eigenvalue weighted by molar-refractivity contribution is 9.10. The highest BCUT2D eigenvalue weighted by Crippen LogP contribution is 2.35. The Morgan fingerprint density at radius 3 is 2.52 bits per heavy atom. The Morgan fingerprint density at radius 2 is 2.00 bits per heavy atom. The number of nitrogens with zero attached hydrogens (tertiary/aromatic N) is 1. The minimum Gasteiger partial charge on any atom is -0.358 e. The Kier molecular flexibility index (Phi) is 6.00. The lowest BCUT2D eigenvalue weighted by molar-refractivity contribution is -0.137. The summed E-state index contributed by atoms with van der Waals surface area (Å²) in [5.74, 6) is -0.475. The fourth-order valence-electron chi connectivity index (χ4n) is 1.50. The monoisotopic (exact) mass is 367 g/mol. The fraction of sp³-hybridized carbons (Fsp3) is 0.538. The van der Waals surface area contributed by atoms with E-state index in [9.17, 15) is 18.0 Å². The van der Waals surface area contributed by atoms with Gasteiger partial charge in [0.25, 0.3) is 0 Å². The maximum Gasteiger partial charge on any atom is 0.419 e. The van der Waals surface area contributed by atoms with Crippen LogP contribution in [0.25, 0.3) is 0 Å². The number of halogens is 4. The third-order valence-corrected chi connectivity index (χ3v) is 3.02. The van der Waals surface area contributed by atoms with E-state index in [1.807, 2.05) is 13.8 Å². The van der Waals surface area contributed by atoms with Gasteiger partial charge in [-0.05, 0) is 34.8 Å². The second kappa shape index (κ2) is 7.11. The van der Waals surface area contributed by atoms with Crippen molar-refractivity contribution in [3.63, 3.8) is 0 Å². The number of hydrogen-bond donors (Lipinski definition) is 2. The van der Waals surface area contributed by atoms with Crippen molar-refractivity contribution < 1.29 is 18.0 Å². The molecule has 1 atom stereocenters. The van der Waals surface area contributed by atoms with E-state index in [4.69, 9.17) is 0 Å². The zero-order chi connectivity index (χ0) is 16.2. The van der Waals surface area contributed by atoms with Crippen LogP contribution in [0.4, 0.5) is 19.0 Å². The predicted molar refractivity (Wildman–Crippen MR) is 77.9 cm³/mol. The van der Waals surface area contributed by atoms with Crippen LogP contribution in [0.2, 0.25) is 0 Å². The second-order valence-corrected chi connectivity index (χ2v) is 5.97. The van der Waals surface area contributed by atoms with Gasteiger partial charge in [-0.2, -0.15) is 13.2 Å².